The van der Waals surface area contributed by atoms with Crippen molar-refractivity contribution in [2.75, 3.05) is 13.1 Å². The Bertz CT molecular complexity index is 455. The second kappa shape index (κ2) is 7.28. The van der Waals surface area contributed by atoms with E-state index >= 15 is 0 Å². The van der Waals surface area contributed by atoms with Gasteiger partial charge in [0.2, 0.25) is 0 Å². The number of rotatable bonds is 4. The second-order valence-electron chi connectivity index (χ2n) is 3.64. The van der Waals surface area contributed by atoms with Crippen molar-refractivity contribution in [3.63, 3.8) is 0 Å². The third kappa shape index (κ3) is 4.06. The van der Waals surface area contributed by atoms with Crippen LogP contribution in [0.2, 0.25) is 0 Å². The number of hydrogen-bond donors (Lipinski definition) is 2. The standard InChI is InChI=1S/C13H17FN4/c1-3-16-13(17-4-2)18-9-11-6-5-10(8-15)7-12(11)14/h5-7H,3-4,9H2,1-2H3,(H2,16,17,18). The van der Waals surface area contributed by atoms with Gasteiger partial charge < -0.3 is 10.6 Å². The summed E-state index contributed by atoms with van der Waals surface area (Å²) in [6.07, 6.45) is 0. The quantitative estimate of drug-likeness (QED) is 0.630. The summed E-state index contributed by atoms with van der Waals surface area (Å²) in [4.78, 5) is 4.26. The van der Waals surface area contributed by atoms with Gasteiger partial charge in [0.05, 0.1) is 18.2 Å². The van der Waals surface area contributed by atoms with Gasteiger partial charge in [0, 0.05) is 18.7 Å². The van der Waals surface area contributed by atoms with E-state index in [1.807, 2.05) is 19.9 Å². The van der Waals surface area contributed by atoms with E-state index in [4.69, 9.17) is 5.26 Å². The van der Waals surface area contributed by atoms with Crippen LogP contribution in [0.4, 0.5) is 4.39 Å². The molecule has 0 aliphatic heterocycles. The van der Waals surface area contributed by atoms with Gasteiger partial charge in [-0.3, -0.25) is 0 Å². The lowest BCUT2D eigenvalue weighted by atomic mass is 10.1. The van der Waals surface area contributed by atoms with Gasteiger partial charge in [0.15, 0.2) is 5.96 Å². The Labute approximate surface area is 107 Å². The molecule has 0 bridgehead atoms. The molecule has 0 aromatic heterocycles. The Kier molecular flexibility index (Phi) is 5.65. The largest absolute Gasteiger partial charge is 0.357 e. The smallest absolute Gasteiger partial charge is 0.191 e. The van der Waals surface area contributed by atoms with Crippen molar-refractivity contribution in [3.05, 3.63) is 35.1 Å². The lowest BCUT2D eigenvalue weighted by molar-refractivity contribution is 0.610. The van der Waals surface area contributed by atoms with E-state index in [0.29, 0.717) is 17.1 Å². The number of guanidine groups is 1. The topological polar surface area (TPSA) is 60.2 Å². The van der Waals surface area contributed by atoms with E-state index in [1.54, 1.807) is 12.1 Å². The van der Waals surface area contributed by atoms with Crippen molar-refractivity contribution < 1.29 is 4.39 Å². The molecule has 0 atom stereocenters. The number of nitriles is 1. The fourth-order valence-electron chi connectivity index (χ4n) is 1.42. The Balaban J connectivity index is 2.77. The summed E-state index contributed by atoms with van der Waals surface area (Å²) >= 11 is 0. The molecule has 96 valence electrons. The monoisotopic (exact) mass is 248 g/mol. The van der Waals surface area contributed by atoms with Crippen LogP contribution in [0.5, 0.6) is 0 Å². The number of halogens is 1. The zero-order valence-corrected chi connectivity index (χ0v) is 10.6. The molecule has 0 aliphatic carbocycles. The van der Waals surface area contributed by atoms with Crippen LogP contribution in [0.25, 0.3) is 0 Å². The number of nitrogens with zero attached hydrogens (tertiary/aromatic N) is 2. The van der Waals surface area contributed by atoms with Crippen molar-refractivity contribution in [2.45, 2.75) is 20.4 Å². The minimum atomic E-state index is -0.398. The van der Waals surface area contributed by atoms with Crippen LogP contribution in [-0.4, -0.2) is 19.0 Å². The molecule has 0 unspecified atom stereocenters. The van der Waals surface area contributed by atoms with E-state index < -0.39 is 5.82 Å². The van der Waals surface area contributed by atoms with Gasteiger partial charge >= 0.3 is 0 Å². The highest BCUT2D eigenvalue weighted by Crippen LogP contribution is 2.10. The lowest BCUT2D eigenvalue weighted by Gasteiger charge is -2.09. The Morgan fingerprint density at radius 3 is 2.50 bits per heavy atom. The molecule has 0 saturated heterocycles. The zero-order chi connectivity index (χ0) is 13.4. The lowest BCUT2D eigenvalue weighted by Crippen LogP contribution is -2.37. The van der Waals surface area contributed by atoms with Crippen LogP contribution in [-0.2, 0) is 6.54 Å². The normalized spacial score (nSPS) is 9.44. The molecule has 0 amide bonds. The number of hydrogen-bond acceptors (Lipinski definition) is 2. The van der Waals surface area contributed by atoms with Gasteiger partial charge in [-0.1, -0.05) is 6.07 Å². The van der Waals surface area contributed by atoms with Crippen molar-refractivity contribution in [1.82, 2.24) is 10.6 Å². The van der Waals surface area contributed by atoms with Gasteiger partial charge in [0.25, 0.3) is 0 Å². The molecule has 0 fully saturated rings. The zero-order valence-electron chi connectivity index (χ0n) is 10.6. The average molecular weight is 248 g/mol. The van der Waals surface area contributed by atoms with Gasteiger partial charge in [-0.25, -0.2) is 9.38 Å². The molecule has 1 aromatic carbocycles. The Morgan fingerprint density at radius 2 is 2.00 bits per heavy atom. The molecule has 18 heavy (non-hydrogen) atoms. The van der Waals surface area contributed by atoms with E-state index in [2.05, 4.69) is 15.6 Å². The minimum absolute atomic E-state index is 0.243. The summed E-state index contributed by atoms with van der Waals surface area (Å²) in [7, 11) is 0. The molecule has 0 spiro atoms. The summed E-state index contributed by atoms with van der Waals surface area (Å²) in [6, 6.07) is 6.31. The maximum Gasteiger partial charge on any atom is 0.191 e. The van der Waals surface area contributed by atoms with Crippen LogP contribution < -0.4 is 10.6 Å². The van der Waals surface area contributed by atoms with E-state index in [0.717, 1.165) is 13.1 Å². The third-order valence-corrected chi connectivity index (χ3v) is 2.28. The van der Waals surface area contributed by atoms with Crippen molar-refractivity contribution in [2.24, 2.45) is 4.99 Å². The summed E-state index contributed by atoms with van der Waals surface area (Å²) in [5.41, 5.74) is 0.793. The summed E-state index contributed by atoms with van der Waals surface area (Å²) < 4.78 is 13.6. The van der Waals surface area contributed by atoms with Crippen LogP contribution in [0.3, 0.4) is 0 Å². The predicted molar refractivity (Wildman–Crippen MR) is 69.6 cm³/mol. The molecule has 0 heterocycles. The number of nitrogens with one attached hydrogen (secondary N) is 2. The molecule has 1 rings (SSSR count). The number of benzene rings is 1. The maximum atomic E-state index is 13.6. The van der Waals surface area contributed by atoms with Crippen LogP contribution in [0.1, 0.15) is 25.0 Å². The Hall–Kier alpha value is -2.09. The van der Waals surface area contributed by atoms with E-state index in [1.165, 1.54) is 6.07 Å². The first-order chi connectivity index (χ1) is 8.71. The van der Waals surface area contributed by atoms with Crippen LogP contribution >= 0.6 is 0 Å². The highest BCUT2D eigenvalue weighted by molar-refractivity contribution is 5.79. The van der Waals surface area contributed by atoms with E-state index in [9.17, 15) is 4.39 Å². The summed E-state index contributed by atoms with van der Waals surface area (Å²) in [5.74, 6) is 0.258. The van der Waals surface area contributed by atoms with Gasteiger partial charge in [0.1, 0.15) is 5.82 Å². The molecular formula is C13H17FN4. The molecule has 0 radical (unpaired) electrons. The first-order valence-corrected chi connectivity index (χ1v) is 5.92. The predicted octanol–water partition coefficient (Wildman–Crippen LogP) is 1.77. The van der Waals surface area contributed by atoms with E-state index in [-0.39, 0.29) is 6.54 Å². The molecule has 0 saturated carbocycles. The van der Waals surface area contributed by atoms with Crippen molar-refractivity contribution in [3.8, 4) is 6.07 Å². The van der Waals surface area contributed by atoms with Gasteiger partial charge in [-0.2, -0.15) is 5.26 Å². The van der Waals surface area contributed by atoms with Crippen molar-refractivity contribution >= 4 is 5.96 Å². The molecule has 5 heteroatoms. The van der Waals surface area contributed by atoms with Crippen LogP contribution in [0.15, 0.2) is 23.2 Å². The van der Waals surface area contributed by atoms with Gasteiger partial charge in [-0.15, -0.1) is 0 Å². The third-order valence-electron chi connectivity index (χ3n) is 2.28. The molecular weight excluding hydrogens is 231 g/mol. The molecule has 0 aliphatic rings. The molecule has 1 aromatic rings. The fraction of sp³-hybridized carbons (Fsp3) is 0.385. The fourth-order valence-corrected chi connectivity index (χ4v) is 1.42. The first kappa shape index (κ1) is 14.0. The SMILES string of the molecule is CCNC(=NCc1ccc(C#N)cc1F)NCC. The Morgan fingerprint density at radius 1 is 1.33 bits per heavy atom. The average Bonchev–Trinajstić information content (AvgIpc) is 2.37. The summed E-state index contributed by atoms with van der Waals surface area (Å²) in [5, 5.41) is 14.8. The molecule has 4 nitrogen and oxygen atoms in total. The maximum absolute atomic E-state index is 13.6. The highest BCUT2D eigenvalue weighted by atomic mass is 19.1. The summed E-state index contributed by atoms with van der Waals surface area (Å²) in [6.45, 7) is 5.68. The highest BCUT2D eigenvalue weighted by Gasteiger charge is 2.03. The van der Waals surface area contributed by atoms with Crippen molar-refractivity contribution in [1.29, 1.82) is 5.26 Å². The minimum Gasteiger partial charge on any atom is -0.357 e. The second-order valence-corrected chi connectivity index (χ2v) is 3.64. The van der Waals surface area contributed by atoms with Crippen LogP contribution in [0, 0.1) is 17.1 Å². The first-order valence-electron chi connectivity index (χ1n) is 5.92. The van der Waals surface area contributed by atoms with Gasteiger partial charge in [-0.05, 0) is 26.0 Å². The number of aliphatic imine (C=N–C) groups is 1. The molecule has 2 N–H and O–H groups in total.